The number of aliphatic hydroxyl groups excluding tert-OH is 2. The molecule has 0 fully saturated rings. The van der Waals surface area contributed by atoms with Gasteiger partial charge < -0.3 is 15.3 Å². The van der Waals surface area contributed by atoms with Crippen molar-refractivity contribution in [2.45, 2.75) is 11.8 Å². The Balaban J connectivity index is 3.32. The fraction of sp³-hybridized carbons (Fsp3) is 0.556. The Morgan fingerprint density at radius 2 is 1.84 bits per heavy atom. The van der Waals surface area contributed by atoms with Crippen molar-refractivity contribution >= 4 is 16.0 Å². The lowest BCUT2D eigenvalue weighted by Crippen LogP contribution is -2.36. The molecule has 4 N–H and O–H groups in total. The van der Waals surface area contributed by atoms with Crippen molar-refractivity contribution in [2.75, 3.05) is 26.3 Å². The highest BCUT2D eigenvalue weighted by molar-refractivity contribution is 7.89. The van der Waals surface area contributed by atoms with Gasteiger partial charge in [-0.15, -0.1) is 0 Å². The van der Waals surface area contributed by atoms with Crippen molar-refractivity contribution in [2.24, 2.45) is 0 Å². The normalized spacial score (nSPS) is 12.0. The Morgan fingerprint density at radius 3 is 2.26 bits per heavy atom. The van der Waals surface area contributed by atoms with Crippen LogP contribution in [0.4, 0.5) is 0 Å². The second-order valence-corrected chi connectivity index (χ2v) is 5.56. The first kappa shape index (κ1) is 15.6. The second-order valence-electron chi connectivity index (χ2n) is 3.68. The summed E-state index contributed by atoms with van der Waals surface area (Å²) in [6, 6.07) is 0. The van der Waals surface area contributed by atoms with E-state index in [2.05, 4.69) is 10.2 Å². The van der Waals surface area contributed by atoms with Crippen LogP contribution < -0.4 is 0 Å². The predicted molar refractivity (Wildman–Crippen MR) is 63.2 cm³/mol. The number of aromatic amines is 1. The fourth-order valence-electron chi connectivity index (χ4n) is 1.58. The van der Waals surface area contributed by atoms with Crippen LogP contribution in [0.1, 0.15) is 16.2 Å². The first-order chi connectivity index (χ1) is 8.86. The molecule has 0 saturated carbocycles. The molecule has 19 heavy (non-hydrogen) atoms. The number of hydrogen-bond donors (Lipinski definition) is 4. The van der Waals surface area contributed by atoms with Gasteiger partial charge >= 0.3 is 5.97 Å². The predicted octanol–water partition coefficient (Wildman–Crippen LogP) is -1.61. The van der Waals surface area contributed by atoms with Crippen LogP contribution in [0.2, 0.25) is 0 Å². The lowest BCUT2D eigenvalue weighted by atomic mass is 10.4. The van der Waals surface area contributed by atoms with Gasteiger partial charge in [-0.25, -0.2) is 13.2 Å². The Bertz CT molecular complexity index is 546. The first-order valence-corrected chi connectivity index (χ1v) is 6.80. The number of H-pyrrole nitrogens is 1. The number of aromatic carboxylic acids is 1. The molecule has 0 bridgehead atoms. The Morgan fingerprint density at radius 1 is 1.32 bits per heavy atom. The monoisotopic (exact) mass is 293 g/mol. The number of sulfonamides is 1. The van der Waals surface area contributed by atoms with Crippen LogP contribution >= 0.6 is 0 Å². The molecule has 0 radical (unpaired) electrons. The van der Waals surface area contributed by atoms with Crippen LogP contribution in [-0.2, 0) is 10.0 Å². The molecule has 0 spiro atoms. The molecule has 0 atom stereocenters. The highest BCUT2D eigenvalue weighted by Gasteiger charge is 2.32. The molecule has 0 aliphatic carbocycles. The third kappa shape index (κ3) is 3.10. The molecule has 0 aromatic carbocycles. The summed E-state index contributed by atoms with van der Waals surface area (Å²) < 4.78 is 25.4. The fourth-order valence-corrected chi connectivity index (χ4v) is 3.30. The largest absolute Gasteiger partial charge is 0.476 e. The van der Waals surface area contributed by atoms with E-state index in [9.17, 15) is 13.2 Å². The zero-order valence-corrected chi connectivity index (χ0v) is 11.0. The molecule has 1 aromatic heterocycles. The van der Waals surface area contributed by atoms with Gasteiger partial charge in [0.25, 0.3) is 0 Å². The molecular formula is C9H15N3O6S. The average molecular weight is 293 g/mol. The molecule has 0 saturated heterocycles. The summed E-state index contributed by atoms with van der Waals surface area (Å²) in [5.74, 6) is -1.48. The number of aromatic nitrogens is 2. The van der Waals surface area contributed by atoms with E-state index < -0.39 is 39.8 Å². The maximum Gasteiger partial charge on any atom is 0.357 e. The van der Waals surface area contributed by atoms with E-state index in [1.165, 1.54) is 6.92 Å². The lowest BCUT2D eigenvalue weighted by molar-refractivity contribution is 0.0686. The minimum absolute atomic E-state index is 0.0817. The maximum atomic E-state index is 12.3. The molecule has 9 nitrogen and oxygen atoms in total. The van der Waals surface area contributed by atoms with Crippen LogP contribution in [0.5, 0.6) is 0 Å². The quantitative estimate of drug-likeness (QED) is 0.473. The highest BCUT2D eigenvalue weighted by Crippen LogP contribution is 2.21. The summed E-state index contributed by atoms with van der Waals surface area (Å²) in [5, 5.41) is 32.3. The number of aryl methyl sites for hydroxylation is 1. The maximum absolute atomic E-state index is 12.3. The van der Waals surface area contributed by atoms with Gasteiger partial charge in [0.05, 0.1) is 18.9 Å². The van der Waals surface area contributed by atoms with Gasteiger partial charge in [-0.1, -0.05) is 0 Å². The molecular weight excluding hydrogens is 278 g/mol. The van der Waals surface area contributed by atoms with Crippen LogP contribution in [0.15, 0.2) is 4.90 Å². The van der Waals surface area contributed by atoms with Gasteiger partial charge in [0.2, 0.25) is 10.0 Å². The van der Waals surface area contributed by atoms with Gasteiger partial charge in [0.1, 0.15) is 4.90 Å². The molecule has 1 rings (SSSR count). The molecule has 0 amide bonds. The number of nitrogens with zero attached hydrogens (tertiary/aromatic N) is 2. The highest BCUT2D eigenvalue weighted by atomic mass is 32.2. The lowest BCUT2D eigenvalue weighted by Gasteiger charge is -2.20. The first-order valence-electron chi connectivity index (χ1n) is 5.36. The van der Waals surface area contributed by atoms with Crippen molar-refractivity contribution in [1.29, 1.82) is 0 Å². The van der Waals surface area contributed by atoms with Crippen molar-refractivity contribution < 1.29 is 28.5 Å². The molecule has 0 unspecified atom stereocenters. The number of rotatable bonds is 7. The van der Waals surface area contributed by atoms with Gasteiger partial charge in [0.15, 0.2) is 5.69 Å². The number of aliphatic hydroxyl groups is 2. The third-order valence-electron chi connectivity index (χ3n) is 2.39. The average Bonchev–Trinajstić information content (AvgIpc) is 2.71. The van der Waals surface area contributed by atoms with E-state index in [4.69, 9.17) is 15.3 Å². The molecule has 1 heterocycles. The second kappa shape index (κ2) is 6.10. The SMILES string of the molecule is Cc1[nH]nc(C(=O)O)c1S(=O)(=O)N(CCO)CCO. The Hall–Kier alpha value is -1.49. The Labute approximate surface area is 109 Å². The van der Waals surface area contributed by atoms with Crippen LogP contribution in [0.3, 0.4) is 0 Å². The zero-order chi connectivity index (χ0) is 14.6. The third-order valence-corrected chi connectivity index (χ3v) is 4.45. The number of nitrogens with one attached hydrogen (secondary N) is 1. The standard InChI is InChI=1S/C9H15N3O6S/c1-6-8(7(9(15)16)11-10-6)19(17,18)12(2-4-13)3-5-14/h13-14H,2-5H2,1H3,(H,10,11)(H,15,16). The summed E-state index contributed by atoms with van der Waals surface area (Å²) in [6.07, 6.45) is 0. The van der Waals surface area contributed by atoms with E-state index in [0.717, 1.165) is 4.31 Å². The van der Waals surface area contributed by atoms with Gasteiger partial charge in [-0.3, -0.25) is 5.10 Å². The molecule has 0 aliphatic rings. The molecule has 10 heteroatoms. The molecule has 0 aliphatic heterocycles. The van der Waals surface area contributed by atoms with E-state index in [0.29, 0.717) is 0 Å². The van der Waals surface area contributed by atoms with E-state index >= 15 is 0 Å². The summed E-state index contributed by atoms with van der Waals surface area (Å²) in [6.45, 7) is -0.00138. The topological polar surface area (TPSA) is 144 Å². The summed E-state index contributed by atoms with van der Waals surface area (Å²) in [5.41, 5.74) is -0.531. The molecule has 108 valence electrons. The zero-order valence-electron chi connectivity index (χ0n) is 10.2. The number of carboxylic acid groups (broad SMARTS) is 1. The minimum Gasteiger partial charge on any atom is -0.476 e. The number of carboxylic acids is 1. The summed E-state index contributed by atoms with van der Waals surface area (Å²) in [7, 11) is -4.15. The van der Waals surface area contributed by atoms with Crippen LogP contribution in [-0.4, -0.2) is 70.5 Å². The van der Waals surface area contributed by atoms with Gasteiger partial charge in [-0.05, 0) is 6.92 Å². The van der Waals surface area contributed by atoms with Crippen molar-refractivity contribution in [3.63, 3.8) is 0 Å². The van der Waals surface area contributed by atoms with Crippen LogP contribution in [0.25, 0.3) is 0 Å². The summed E-state index contributed by atoms with van der Waals surface area (Å²) >= 11 is 0. The van der Waals surface area contributed by atoms with Crippen molar-refractivity contribution in [3.05, 3.63) is 11.4 Å². The van der Waals surface area contributed by atoms with Crippen LogP contribution in [0, 0.1) is 6.92 Å². The molecule has 1 aromatic rings. The minimum atomic E-state index is -4.15. The van der Waals surface area contributed by atoms with E-state index in [-0.39, 0.29) is 18.8 Å². The van der Waals surface area contributed by atoms with E-state index in [1.807, 2.05) is 0 Å². The summed E-state index contributed by atoms with van der Waals surface area (Å²) in [4.78, 5) is 10.5. The van der Waals surface area contributed by atoms with E-state index in [1.54, 1.807) is 0 Å². The van der Waals surface area contributed by atoms with Crippen molar-refractivity contribution in [1.82, 2.24) is 14.5 Å². The Kier molecular flexibility index (Phi) is 5.00. The van der Waals surface area contributed by atoms with Gasteiger partial charge in [0, 0.05) is 13.1 Å². The smallest absolute Gasteiger partial charge is 0.357 e. The number of hydrogen-bond acceptors (Lipinski definition) is 6. The number of carbonyl (C=O) groups is 1. The van der Waals surface area contributed by atoms with Crippen molar-refractivity contribution in [3.8, 4) is 0 Å². The van der Waals surface area contributed by atoms with Gasteiger partial charge in [-0.2, -0.15) is 9.40 Å².